The standard InChI is InChI=1S/C69H45N7O.Pt/c1-69(2,3)44-32-34-71-66(37-44)75-61-31-28-43(49-21-15-22-54-50-18-7-10-23-58(50)74(67(49)54)45-16-5-4-6-17-45)36-55(61)53-30-29-47(40-64(53)75)77-48-33-35-70-65(41-48)73-42-72(62-26-13-14-27-63(62)73)46-38-56-51-19-8-11-24-59(51)76-60-25-12-9-20-52(60)57(39-46)68(56)76;/h4-39H,1-3H3;/q-2;. The molecule has 0 atom stereocenters. The van der Waals surface area contributed by atoms with E-state index in [1.54, 1.807) is 6.20 Å². The minimum Gasteiger partial charge on any atom is -0.522 e. The van der Waals surface area contributed by atoms with Crippen LogP contribution in [0.4, 0.5) is 0 Å². The van der Waals surface area contributed by atoms with Crippen LogP contribution in [-0.2, 0) is 26.5 Å². The van der Waals surface area contributed by atoms with E-state index in [2.05, 4.69) is 245 Å². The second kappa shape index (κ2) is 17.3. The van der Waals surface area contributed by atoms with Gasteiger partial charge in [-0.15, -0.1) is 17.5 Å². The summed E-state index contributed by atoms with van der Waals surface area (Å²) in [5.74, 6) is 2.41. The van der Waals surface area contributed by atoms with E-state index in [4.69, 9.17) is 14.7 Å². The first-order valence-electron chi connectivity index (χ1n) is 26.1. The van der Waals surface area contributed by atoms with Crippen LogP contribution in [0.5, 0.6) is 11.5 Å². The maximum Gasteiger partial charge on any atom is 0.269 e. The van der Waals surface area contributed by atoms with Gasteiger partial charge in [0.25, 0.3) is 6.33 Å². The van der Waals surface area contributed by atoms with Gasteiger partial charge in [-0.05, 0) is 88.3 Å². The Morgan fingerprint density at radius 3 is 1.87 bits per heavy atom. The zero-order valence-electron chi connectivity index (χ0n) is 42.6. The van der Waals surface area contributed by atoms with Crippen LogP contribution in [0, 0.1) is 18.5 Å². The summed E-state index contributed by atoms with van der Waals surface area (Å²) in [7, 11) is 0. The summed E-state index contributed by atoms with van der Waals surface area (Å²) in [6.45, 7) is 6.70. The fourth-order valence-electron chi connectivity index (χ4n) is 12.1. The Bertz CT molecular complexity index is 4990. The number of pyridine rings is 2. The zero-order valence-corrected chi connectivity index (χ0v) is 44.9. The van der Waals surface area contributed by atoms with Gasteiger partial charge in [0.05, 0.1) is 50.1 Å². The van der Waals surface area contributed by atoms with Crippen molar-refractivity contribution >= 4 is 92.7 Å². The molecule has 0 radical (unpaired) electrons. The van der Waals surface area contributed by atoms with Gasteiger partial charge in [0.1, 0.15) is 5.82 Å². The number of imidazole rings is 1. The van der Waals surface area contributed by atoms with Crippen molar-refractivity contribution in [2.75, 3.05) is 0 Å². The van der Waals surface area contributed by atoms with E-state index in [0.717, 1.165) is 61.2 Å². The first-order valence-corrected chi connectivity index (χ1v) is 26.1. The number of hydrogen-bond donors (Lipinski definition) is 0. The quantitative estimate of drug-likeness (QED) is 0.118. The molecule has 0 aliphatic heterocycles. The minimum absolute atomic E-state index is 0. The molecule has 0 amide bonds. The van der Waals surface area contributed by atoms with Crippen molar-refractivity contribution in [3.63, 3.8) is 0 Å². The van der Waals surface area contributed by atoms with E-state index in [1.807, 2.05) is 29.0 Å². The first-order chi connectivity index (χ1) is 37.8. The predicted molar refractivity (Wildman–Crippen MR) is 311 cm³/mol. The van der Waals surface area contributed by atoms with E-state index < -0.39 is 0 Å². The minimum atomic E-state index is -0.0911. The van der Waals surface area contributed by atoms with Crippen LogP contribution in [0.2, 0.25) is 0 Å². The molecule has 0 N–H and O–H groups in total. The maximum atomic E-state index is 6.77. The van der Waals surface area contributed by atoms with Gasteiger partial charge in [0.2, 0.25) is 0 Å². The maximum absolute atomic E-state index is 6.77. The number of fused-ring (bicyclic) bond motifs is 13. The van der Waals surface area contributed by atoms with Crippen molar-refractivity contribution in [2.24, 2.45) is 0 Å². The number of rotatable bonds is 7. The van der Waals surface area contributed by atoms with Gasteiger partial charge >= 0.3 is 0 Å². The summed E-state index contributed by atoms with van der Waals surface area (Å²) in [5, 5.41) is 9.40. The van der Waals surface area contributed by atoms with Gasteiger partial charge in [0.15, 0.2) is 0 Å². The van der Waals surface area contributed by atoms with E-state index >= 15 is 0 Å². The van der Waals surface area contributed by atoms with Gasteiger partial charge in [-0.1, -0.05) is 160 Å². The number of para-hydroxylation sites is 7. The fraction of sp³-hybridized carbons (Fsp3) is 0.0580. The Morgan fingerprint density at radius 2 is 1.12 bits per heavy atom. The molecule has 0 saturated carbocycles. The molecule has 7 aromatic heterocycles. The van der Waals surface area contributed by atoms with E-state index in [0.29, 0.717) is 17.3 Å². The third-order valence-corrected chi connectivity index (χ3v) is 15.6. The molecule has 0 aliphatic carbocycles. The Hall–Kier alpha value is -9.36. The second-order valence-electron chi connectivity index (χ2n) is 21.1. The molecular formula is C69H45N7OPt-2. The molecule has 16 aromatic rings. The molecule has 7 heterocycles. The Kier molecular flexibility index (Phi) is 10.2. The van der Waals surface area contributed by atoms with Crippen LogP contribution in [0.3, 0.4) is 0 Å². The average Bonchev–Trinajstić information content (AvgIpc) is 4.46. The molecule has 374 valence electrons. The van der Waals surface area contributed by atoms with Crippen molar-refractivity contribution in [3.8, 4) is 45.6 Å². The van der Waals surface area contributed by atoms with Crippen LogP contribution in [0.1, 0.15) is 26.3 Å². The van der Waals surface area contributed by atoms with Crippen LogP contribution in [0.15, 0.2) is 219 Å². The van der Waals surface area contributed by atoms with E-state index in [9.17, 15) is 0 Å². The van der Waals surface area contributed by atoms with Crippen LogP contribution in [0.25, 0.3) is 127 Å². The number of nitrogens with zero attached hydrogens (tertiary/aromatic N) is 7. The van der Waals surface area contributed by atoms with Crippen molar-refractivity contribution in [2.45, 2.75) is 26.2 Å². The molecule has 78 heavy (non-hydrogen) atoms. The Balaban J connectivity index is 0.00000529. The Morgan fingerprint density at radius 1 is 0.474 bits per heavy atom. The topological polar surface area (TPSA) is 58.1 Å². The largest absolute Gasteiger partial charge is 0.522 e. The van der Waals surface area contributed by atoms with Gasteiger partial charge in [-0.3, -0.25) is 14.1 Å². The number of ether oxygens (including phenoxy) is 1. The molecule has 0 unspecified atom stereocenters. The van der Waals surface area contributed by atoms with Gasteiger partial charge in [-0.2, -0.15) is 18.2 Å². The van der Waals surface area contributed by atoms with Crippen molar-refractivity contribution in [1.82, 2.24) is 28.1 Å². The molecule has 0 fully saturated rings. The van der Waals surface area contributed by atoms with E-state index in [-0.39, 0.29) is 26.5 Å². The molecule has 8 nitrogen and oxygen atoms in total. The molecule has 0 aliphatic rings. The third-order valence-electron chi connectivity index (χ3n) is 15.6. The monoisotopic (exact) mass is 1180 g/mol. The van der Waals surface area contributed by atoms with Crippen molar-refractivity contribution in [1.29, 1.82) is 0 Å². The summed E-state index contributed by atoms with van der Waals surface area (Å²) in [6.07, 6.45) is 7.37. The summed E-state index contributed by atoms with van der Waals surface area (Å²) >= 11 is 0. The molecule has 9 heteroatoms. The molecule has 0 saturated heterocycles. The average molecular weight is 1180 g/mol. The van der Waals surface area contributed by atoms with Crippen LogP contribution >= 0.6 is 0 Å². The molecular weight excluding hydrogens is 1140 g/mol. The number of benzene rings is 9. The van der Waals surface area contributed by atoms with Gasteiger partial charge < -0.3 is 18.3 Å². The van der Waals surface area contributed by atoms with E-state index in [1.165, 1.54) is 65.5 Å². The second-order valence-corrected chi connectivity index (χ2v) is 21.1. The molecule has 0 spiro atoms. The SMILES string of the molecule is CC(C)(C)c1ccnc(-n2c3[c-]c(Oc4[c-]c(-n5[c-][n+](-c6cc7c8ccccc8n8c9ccccc9c(c6)c78)c6ccccc65)ncc4)ccc3c3cc(-c4cccc5c6ccccc6n(-c6ccccc6)c45)ccc32)c1.[Pt]. The predicted octanol–water partition coefficient (Wildman–Crippen LogP) is 16.2. The number of hydrogen-bond acceptors (Lipinski definition) is 3. The van der Waals surface area contributed by atoms with Gasteiger partial charge in [0, 0.05) is 82.1 Å². The molecule has 16 rings (SSSR count). The first kappa shape index (κ1) is 46.0. The summed E-state index contributed by atoms with van der Waals surface area (Å²) in [5.41, 5.74) is 15.3. The zero-order chi connectivity index (χ0) is 51.1. The van der Waals surface area contributed by atoms with Crippen molar-refractivity contribution in [3.05, 3.63) is 243 Å². The summed E-state index contributed by atoms with van der Waals surface area (Å²) < 4.78 is 17.9. The molecule has 9 aromatic carbocycles. The fourth-order valence-corrected chi connectivity index (χ4v) is 12.1. The van der Waals surface area contributed by atoms with Crippen LogP contribution in [-0.4, -0.2) is 28.1 Å². The molecule has 0 bridgehead atoms. The number of aromatic nitrogens is 7. The van der Waals surface area contributed by atoms with Crippen molar-refractivity contribution < 1.29 is 30.4 Å². The summed E-state index contributed by atoms with van der Waals surface area (Å²) in [4.78, 5) is 9.88. The third kappa shape index (κ3) is 6.86. The normalized spacial score (nSPS) is 12.2. The van der Waals surface area contributed by atoms with Crippen LogP contribution < -0.4 is 9.30 Å². The van der Waals surface area contributed by atoms with Gasteiger partial charge in [-0.25, -0.2) is 4.98 Å². The smallest absolute Gasteiger partial charge is 0.269 e. The summed E-state index contributed by atoms with van der Waals surface area (Å²) in [6, 6.07) is 80.6. The Labute approximate surface area is 462 Å².